The minimum atomic E-state index is -4.61. The summed E-state index contributed by atoms with van der Waals surface area (Å²) in [5, 5.41) is 2.96. The summed E-state index contributed by atoms with van der Waals surface area (Å²) in [7, 11) is -4.06. The predicted molar refractivity (Wildman–Crippen MR) is 124 cm³/mol. The number of piperazine rings is 1. The zero-order valence-corrected chi connectivity index (χ0v) is 19.5. The number of hydrogen-bond acceptors (Lipinski definition) is 6. The van der Waals surface area contributed by atoms with Crippen molar-refractivity contribution in [2.75, 3.05) is 36.4 Å². The van der Waals surface area contributed by atoms with Crippen LogP contribution in [-0.4, -0.2) is 54.9 Å². The number of sulfonamides is 1. The van der Waals surface area contributed by atoms with E-state index in [0.717, 1.165) is 36.0 Å². The second kappa shape index (κ2) is 8.54. The second-order valence-electron chi connectivity index (χ2n) is 8.34. The normalized spacial score (nSPS) is 17.8. The summed E-state index contributed by atoms with van der Waals surface area (Å²) in [6, 6.07) is 10.2. The molecule has 5 rings (SSSR count). The van der Waals surface area contributed by atoms with Gasteiger partial charge in [-0.3, -0.25) is 0 Å². The first-order valence-corrected chi connectivity index (χ1v) is 12.6. The minimum Gasteiger partial charge on any atom is -0.364 e. The van der Waals surface area contributed by atoms with Gasteiger partial charge in [-0.15, -0.1) is 0 Å². The van der Waals surface area contributed by atoms with E-state index in [-0.39, 0.29) is 18.0 Å². The third-order valence-corrected chi connectivity index (χ3v) is 8.27. The number of benzene rings is 2. The van der Waals surface area contributed by atoms with Gasteiger partial charge in [-0.05, 0) is 43.2 Å². The maximum absolute atomic E-state index is 13.1. The van der Waals surface area contributed by atoms with E-state index in [1.54, 1.807) is 0 Å². The van der Waals surface area contributed by atoms with Gasteiger partial charge in [0.15, 0.2) is 11.6 Å². The molecule has 0 bridgehead atoms. The van der Waals surface area contributed by atoms with E-state index in [1.165, 1.54) is 4.31 Å². The Morgan fingerprint density at radius 3 is 2.21 bits per heavy atom. The molecule has 1 saturated carbocycles. The zero-order valence-electron chi connectivity index (χ0n) is 17.9. The fourth-order valence-electron chi connectivity index (χ4n) is 3.89. The Kier molecular flexibility index (Phi) is 5.81. The van der Waals surface area contributed by atoms with Crippen LogP contribution >= 0.6 is 11.6 Å². The van der Waals surface area contributed by atoms with Crippen molar-refractivity contribution in [3.8, 4) is 0 Å². The highest BCUT2D eigenvalue weighted by atomic mass is 35.5. The lowest BCUT2D eigenvalue weighted by Crippen LogP contribution is -2.49. The standard InChI is InChI=1S/C22H21ClF3N5O2S/c23-16-13-14(22(24,25)26)5-8-19(16)34(32,33)31-11-9-30(10-12-31)21-20(27-15-6-7-15)28-17-3-1-2-4-18(17)29-21/h1-5,8,13,15H,6-7,9-12H2,(H,27,28). The molecule has 2 fully saturated rings. The summed E-state index contributed by atoms with van der Waals surface area (Å²) < 4.78 is 66.2. The molecule has 1 saturated heterocycles. The Morgan fingerprint density at radius 1 is 0.971 bits per heavy atom. The average molecular weight is 512 g/mol. The predicted octanol–water partition coefficient (Wildman–Crippen LogP) is 4.39. The number of nitrogens with one attached hydrogen (secondary N) is 1. The van der Waals surface area contributed by atoms with Gasteiger partial charge in [-0.1, -0.05) is 23.7 Å². The first-order chi connectivity index (χ1) is 16.1. The average Bonchev–Trinajstić information content (AvgIpc) is 3.62. The molecule has 2 aromatic carbocycles. The highest BCUT2D eigenvalue weighted by molar-refractivity contribution is 7.89. The SMILES string of the molecule is O=S(=O)(c1ccc(C(F)(F)F)cc1Cl)N1CCN(c2nc3ccccc3nc2NC2CC2)CC1. The van der Waals surface area contributed by atoms with Gasteiger partial charge in [0.2, 0.25) is 10.0 Å². The summed E-state index contributed by atoms with van der Waals surface area (Å²) in [4.78, 5) is 11.1. The molecule has 0 atom stereocenters. The second-order valence-corrected chi connectivity index (χ2v) is 10.7. The quantitative estimate of drug-likeness (QED) is 0.547. The van der Waals surface area contributed by atoms with Crippen LogP contribution in [-0.2, 0) is 16.2 Å². The lowest BCUT2D eigenvalue weighted by Gasteiger charge is -2.35. The van der Waals surface area contributed by atoms with Gasteiger partial charge in [0, 0.05) is 32.2 Å². The smallest absolute Gasteiger partial charge is 0.364 e. The molecule has 1 aliphatic carbocycles. The number of alkyl halides is 3. The van der Waals surface area contributed by atoms with Gasteiger partial charge in [0.05, 0.1) is 21.6 Å². The summed E-state index contributed by atoms with van der Waals surface area (Å²) in [6.07, 6.45) is -2.48. The first kappa shape index (κ1) is 23.1. The van der Waals surface area contributed by atoms with Crippen LogP contribution in [0, 0.1) is 0 Å². The number of aromatic nitrogens is 2. The Labute approximate surface area is 199 Å². The number of para-hydroxylation sites is 2. The number of nitrogens with zero attached hydrogens (tertiary/aromatic N) is 4. The van der Waals surface area contributed by atoms with Crippen LogP contribution in [0.3, 0.4) is 0 Å². The Hall–Kier alpha value is -2.63. The van der Waals surface area contributed by atoms with Gasteiger partial charge >= 0.3 is 6.18 Å². The fraction of sp³-hybridized carbons (Fsp3) is 0.364. The van der Waals surface area contributed by atoms with Gasteiger partial charge in [-0.25, -0.2) is 18.4 Å². The van der Waals surface area contributed by atoms with Crippen LogP contribution in [0.25, 0.3) is 11.0 Å². The van der Waals surface area contributed by atoms with Crippen LogP contribution in [0.5, 0.6) is 0 Å². The summed E-state index contributed by atoms with van der Waals surface area (Å²) in [6.45, 7) is 0.974. The molecule has 2 aliphatic rings. The maximum atomic E-state index is 13.1. The number of anilines is 2. The van der Waals surface area contributed by atoms with E-state index in [2.05, 4.69) is 5.32 Å². The van der Waals surface area contributed by atoms with Crippen molar-refractivity contribution in [2.45, 2.75) is 30.0 Å². The lowest BCUT2D eigenvalue weighted by molar-refractivity contribution is -0.137. The molecule has 12 heteroatoms. The molecule has 3 aromatic rings. The van der Waals surface area contributed by atoms with Gasteiger partial charge < -0.3 is 10.2 Å². The third kappa shape index (κ3) is 4.51. The number of halogens is 4. The van der Waals surface area contributed by atoms with E-state index in [9.17, 15) is 21.6 Å². The van der Waals surface area contributed by atoms with E-state index in [4.69, 9.17) is 21.6 Å². The highest BCUT2D eigenvalue weighted by Crippen LogP contribution is 2.35. The van der Waals surface area contributed by atoms with Crippen molar-refractivity contribution in [2.24, 2.45) is 0 Å². The Bertz CT molecular complexity index is 1340. The molecule has 0 spiro atoms. The lowest BCUT2D eigenvalue weighted by atomic mass is 10.2. The fourth-order valence-corrected chi connectivity index (χ4v) is 5.84. The molecular weight excluding hydrogens is 491 g/mol. The van der Waals surface area contributed by atoms with Gasteiger partial charge in [0.25, 0.3) is 0 Å². The summed E-state index contributed by atoms with van der Waals surface area (Å²) in [5.74, 6) is 1.33. The van der Waals surface area contributed by atoms with E-state index in [1.807, 2.05) is 29.2 Å². The molecular formula is C22H21ClF3N5O2S. The number of rotatable bonds is 5. The van der Waals surface area contributed by atoms with E-state index >= 15 is 0 Å². The Morgan fingerprint density at radius 2 is 1.62 bits per heavy atom. The van der Waals surface area contributed by atoms with Gasteiger partial charge in [0.1, 0.15) is 4.90 Å². The molecule has 34 heavy (non-hydrogen) atoms. The molecule has 0 radical (unpaired) electrons. The highest BCUT2D eigenvalue weighted by Gasteiger charge is 2.35. The molecule has 1 aromatic heterocycles. The van der Waals surface area contributed by atoms with Crippen molar-refractivity contribution >= 4 is 44.3 Å². The number of hydrogen-bond donors (Lipinski definition) is 1. The van der Waals surface area contributed by atoms with Crippen molar-refractivity contribution in [1.29, 1.82) is 0 Å². The van der Waals surface area contributed by atoms with Crippen LogP contribution in [0.2, 0.25) is 5.02 Å². The minimum absolute atomic E-state index is 0.136. The maximum Gasteiger partial charge on any atom is 0.416 e. The van der Waals surface area contributed by atoms with E-state index < -0.39 is 26.8 Å². The zero-order chi connectivity index (χ0) is 24.1. The topological polar surface area (TPSA) is 78.4 Å². The van der Waals surface area contributed by atoms with Crippen LogP contribution in [0.15, 0.2) is 47.4 Å². The largest absolute Gasteiger partial charge is 0.416 e. The third-order valence-electron chi connectivity index (χ3n) is 5.89. The molecule has 1 aliphatic heterocycles. The van der Waals surface area contributed by atoms with Crippen LogP contribution < -0.4 is 10.2 Å². The monoisotopic (exact) mass is 511 g/mol. The van der Waals surface area contributed by atoms with Crippen LogP contribution in [0.4, 0.5) is 24.8 Å². The molecule has 0 unspecified atom stereocenters. The molecule has 0 amide bonds. The number of fused-ring (bicyclic) bond motifs is 1. The molecule has 1 N–H and O–H groups in total. The van der Waals surface area contributed by atoms with Crippen molar-refractivity contribution in [1.82, 2.24) is 14.3 Å². The molecule has 180 valence electrons. The Balaban J connectivity index is 1.37. The first-order valence-electron chi connectivity index (χ1n) is 10.8. The van der Waals surface area contributed by atoms with Gasteiger partial charge in [-0.2, -0.15) is 17.5 Å². The summed E-state index contributed by atoms with van der Waals surface area (Å²) >= 11 is 5.95. The summed E-state index contributed by atoms with van der Waals surface area (Å²) in [5.41, 5.74) is 0.518. The van der Waals surface area contributed by atoms with Crippen molar-refractivity contribution in [3.63, 3.8) is 0 Å². The van der Waals surface area contributed by atoms with Crippen molar-refractivity contribution in [3.05, 3.63) is 53.1 Å². The van der Waals surface area contributed by atoms with E-state index in [0.29, 0.717) is 36.8 Å². The van der Waals surface area contributed by atoms with Crippen LogP contribution in [0.1, 0.15) is 18.4 Å². The molecule has 2 heterocycles. The van der Waals surface area contributed by atoms with Crippen molar-refractivity contribution < 1.29 is 21.6 Å². The molecule has 7 nitrogen and oxygen atoms in total.